The first kappa shape index (κ1) is 20.7. The van der Waals surface area contributed by atoms with Crippen molar-refractivity contribution in [3.63, 3.8) is 0 Å². The van der Waals surface area contributed by atoms with Crippen molar-refractivity contribution in [1.29, 1.82) is 0 Å². The molecule has 0 saturated carbocycles. The van der Waals surface area contributed by atoms with E-state index in [1.807, 2.05) is 48.5 Å². The van der Waals surface area contributed by atoms with E-state index >= 15 is 0 Å². The Labute approximate surface area is 183 Å². The second-order valence-corrected chi connectivity index (χ2v) is 7.91. The Bertz CT molecular complexity index is 1300. The van der Waals surface area contributed by atoms with Crippen molar-refractivity contribution in [2.24, 2.45) is 7.05 Å². The molecule has 0 aliphatic heterocycles. The number of methoxy groups -OCH3 is 3. The molecule has 0 fully saturated rings. The second-order valence-electron chi connectivity index (χ2n) is 6.86. The quantitative estimate of drug-likeness (QED) is 0.465. The highest BCUT2D eigenvalue weighted by molar-refractivity contribution is 7.22. The van der Waals surface area contributed by atoms with Crippen LogP contribution in [0.25, 0.3) is 20.7 Å². The third kappa shape index (κ3) is 3.94. The summed E-state index contributed by atoms with van der Waals surface area (Å²) in [6, 6.07) is 15.4. The summed E-state index contributed by atoms with van der Waals surface area (Å²) in [5.41, 5.74) is 2.48. The van der Waals surface area contributed by atoms with Crippen LogP contribution in [0.4, 0.5) is 5.95 Å². The van der Waals surface area contributed by atoms with E-state index in [0.717, 1.165) is 21.8 Å². The second kappa shape index (κ2) is 8.69. The first-order chi connectivity index (χ1) is 15.0. The molecule has 2 heterocycles. The van der Waals surface area contributed by atoms with Gasteiger partial charge in [-0.1, -0.05) is 18.2 Å². The fraction of sp³-hybridized carbons (Fsp3) is 0.217. The summed E-state index contributed by atoms with van der Waals surface area (Å²) >= 11 is 1.41. The molecule has 0 spiro atoms. The molecule has 4 rings (SSSR count). The van der Waals surface area contributed by atoms with Gasteiger partial charge in [0.2, 0.25) is 5.95 Å². The lowest BCUT2D eigenvalue weighted by atomic mass is 10.1. The van der Waals surface area contributed by atoms with Crippen molar-refractivity contribution in [2.45, 2.75) is 6.54 Å². The number of anilines is 1. The highest BCUT2D eigenvalue weighted by Crippen LogP contribution is 2.36. The van der Waals surface area contributed by atoms with Crippen molar-refractivity contribution in [1.82, 2.24) is 9.55 Å². The van der Waals surface area contributed by atoms with Gasteiger partial charge in [0.15, 0.2) is 11.5 Å². The maximum absolute atomic E-state index is 13.0. The van der Waals surface area contributed by atoms with Crippen LogP contribution in [-0.2, 0) is 13.6 Å². The molecule has 0 bridgehead atoms. The third-order valence-corrected chi connectivity index (χ3v) is 6.21. The van der Waals surface area contributed by atoms with E-state index < -0.39 is 0 Å². The van der Waals surface area contributed by atoms with Crippen LogP contribution in [0.15, 0.2) is 53.3 Å². The van der Waals surface area contributed by atoms with E-state index in [-0.39, 0.29) is 5.56 Å². The number of para-hydroxylation sites is 1. The maximum atomic E-state index is 13.0. The first-order valence-corrected chi connectivity index (χ1v) is 10.5. The summed E-state index contributed by atoms with van der Waals surface area (Å²) in [7, 11) is 6.56. The monoisotopic (exact) mass is 437 g/mol. The minimum Gasteiger partial charge on any atom is -0.496 e. The molecular weight excluding hydrogens is 414 g/mol. The molecule has 160 valence electrons. The van der Waals surface area contributed by atoms with Gasteiger partial charge in [-0.3, -0.25) is 9.36 Å². The number of benzene rings is 2. The molecule has 1 N–H and O–H groups in total. The van der Waals surface area contributed by atoms with Crippen LogP contribution in [0.5, 0.6) is 17.2 Å². The number of nitrogens with one attached hydrogen (secondary N) is 1. The molecule has 0 amide bonds. The largest absolute Gasteiger partial charge is 0.496 e. The highest BCUT2D eigenvalue weighted by atomic mass is 32.1. The van der Waals surface area contributed by atoms with Gasteiger partial charge >= 0.3 is 0 Å². The standard InChI is InChI=1S/C23H23N3O4S/c1-26-22(27)21-16(25-23(26)24-13-15-7-5-6-8-17(15)28-2)12-20(31-21)14-9-10-18(29-3)19(11-14)30-4/h5-12H,13H2,1-4H3,(H,24,25). The molecule has 0 unspecified atom stereocenters. The predicted octanol–water partition coefficient (Wildman–Crippen LogP) is 4.30. The van der Waals surface area contributed by atoms with Crippen molar-refractivity contribution in [2.75, 3.05) is 26.6 Å². The van der Waals surface area contributed by atoms with Crippen LogP contribution >= 0.6 is 11.3 Å². The number of hydrogen-bond donors (Lipinski definition) is 1. The van der Waals surface area contributed by atoms with Crippen LogP contribution in [0.2, 0.25) is 0 Å². The van der Waals surface area contributed by atoms with Crippen LogP contribution in [0.3, 0.4) is 0 Å². The zero-order valence-electron chi connectivity index (χ0n) is 17.8. The number of rotatable bonds is 7. The number of thiophene rings is 1. The lowest BCUT2D eigenvalue weighted by molar-refractivity contribution is 0.355. The Kier molecular flexibility index (Phi) is 5.81. The topological polar surface area (TPSA) is 74.6 Å². The fourth-order valence-electron chi connectivity index (χ4n) is 3.37. The lowest BCUT2D eigenvalue weighted by Crippen LogP contribution is -2.21. The maximum Gasteiger partial charge on any atom is 0.272 e. The highest BCUT2D eigenvalue weighted by Gasteiger charge is 2.15. The summed E-state index contributed by atoms with van der Waals surface area (Å²) < 4.78 is 18.3. The Morgan fingerprint density at radius 2 is 1.71 bits per heavy atom. The zero-order valence-corrected chi connectivity index (χ0v) is 18.6. The van der Waals surface area contributed by atoms with Crippen LogP contribution in [0.1, 0.15) is 5.56 Å². The van der Waals surface area contributed by atoms with Gasteiger partial charge in [0.25, 0.3) is 5.56 Å². The molecule has 0 aliphatic rings. The fourth-order valence-corrected chi connectivity index (χ4v) is 4.44. The number of hydrogen-bond acceptors (Lipinski definition) is 7. The average Bonchev–Trinajstić information content (AvgIpc) is 3.24. The van der Waals surface area contributed by atoms with Gasteiger partial charge in [0.05, 0.1) is 26.8 Å². The third-order valence-electron chi connectivity index (χ3n) is 5.05. The van der Waals surface area contributed by atoms with Gasteiger partial charge in [-0.25, -0.2) is 4.98 Å². The van der Waals surface area contributed by atoms with Crippen molar-refractivity contribution in [3.8, 4) is 27.7 Å². The van der Waals surface area contributed by atoms with Crippen LogP contribution in [-0.4, -0.2) is 30.9 Å². The SMILES string of the molecule is COc1ccccc1CNc1nc2cc(-c3ccc(OC)c(OC)c3)sc2c(=O)n1C. The summed E-state index contributed by atoms with van der Waals surface area (Å²) in [5.74, 6) is 2.58. The van der Waals surface area contributed by atoms with Gasteiger partial charge in [-0.15, -0.1) is 11.3 Å². The van der Waals surface area contributed by atoms with E-state index in [4.69, 9.17) is 19.2 Å². The van der Waals surface area contributed by atoms with Crippen molar-refractivity contribution in [3.05, 3.63) is 64.4 Å². The van der Waals surface area contributed by atoms with E-state index in [1.54, 1.807) is 28.4 Å². The van der Waals surface area contributed by atoms with E-state index in [0.29, 0.717) is 34.2 Å². The summed E-state index contributed by atoms with van der Waals surface area (Å²) in [5, 5.41) is 3.26. The first-order valence-electron chi connectivity index (χ1n) is 9.64. The Hall–Kier alpha value is -3.52. The predicted molar refractivity (Wildman–Crippen MR) is 124 cm³/mol. The summed E-state index contributed by atoms with van der Waals surface area (Å²) in [6.07, 6.45) is 0. The molecule has 0 radical (unpaired) electrons. The molecule has 7 nitrogen and oxygen atoms in total. The molecule has 0 atom stereocenters. The molecule has 2 aromatic heterocycles. The van der Waals surface area contributed by atoms with Crippen LogP contribution < -0.4 is 25.1 Å². The number of aromatic nitrogens is 2. The normalized spacial score (nSPS) is 10.8. The molecule has 8 heteroatoms. The van der Waals surface area contributed by atoms with Gasteiger partial charge in [0, 0.05) is 24.0 Å². The Morgan fingerprint density at radius 1 is 0.968 bits per heavy atom. The summed E-state index contributed by atoms with van der Waals surface area (Å²) in [6.45, 7) is 0.489. The minimum absolute atomic E-state index is 0.0933. The van der Waals surface area contributed by atoms with Crippen molar-refractivity contribution < 1.29 is 14.2 Å². The van der Waals surface area contributed by atoms with Crippen LogP contribution in [0, 0.1) is 0 Å². The minimum atomic E-state index is -0.0933. The molecule has 0 saturated heterocycles. The van der Waals surface area contributed by atoms with E-state index in [2.05, 4.69) is 5.32 Å². The van der Waals surface area contributed by atoms with Gasteiger partial charge in [-0.2, -0.15) is 0 Å². The Balaban J connectivity index is 1.69. The van der Waals surface area contributed by atoms with E-state index in [9.17, 15) is 4.79 Å². The number of fused-ring (bicyclic) bond motifs is 1. The number of ether oxygens (including phenoxy) is 3. The molecule has 31 heavy (non-hydrogen) atoms. The number of nitrogens with zero attached hydrogens (tertiary/aromatic N) is 2. The zero-order chi connectivity index (χ0) is 22.0. The molecular formula is C23H23N3O4S. The van der Waals surface area contributed by atoms with Gasteiger partial charge in [0.1, 0.15) is 10.4 Å². The van der Waals surface area contributed by atoms with Gasteiger partial charge in [-0.05, 0) is 35.9 Å². The smallest absolute Gasteiger partial charge is 0.272 e. The molecule has 0 aliphatic carbocycles. The lowest BCUT2D eigenvalue weighted by Gasteiger charge is -2.12. The van der Waals surface area contributed by atoms with Crippen molar-refractivity contribution >= 4 is 27.5 Å². The Morgan fingerprint density at radius 3 is 2.45 bits per heavy atom. The van der Waals surface area contributed by atoms with E-state index in [1.165, 1.54) is 15.9 Å². The summed E-state index contributed by atoms with van der Waals surface area (Å²) in [4.78, 5) is 18.6. The average molecular weight is 438 g/mol. The van der Waals surface area contributed by atoms with Gasteiger partial charge < -0.3 is 19.5 Å². The molecule has 2 aromatic carbocycles. The molecule has 4 aromatic rings.